The minimum Gasteiger partial charge on any atom is -0.480 e. The number of ether oxygens (including phenoxy) is 1. The normalized spacial score (nSPS) is 21.2. The molecule has 0 unspecified atom stereocenters. The first-order chi connectivity index (χ1) is 12.2. The third-order valence-electron chi connectivity index (χ3n) is 4.82. The van der Waals surface area contributed by atoms with E-state index in [4.69, 9.17) is 4.74 Å². The smallest absolute Gasteiger partial charge is 0.264 e. The van der Waals surface area contributed by atoms with E-state index in [0.29, 0.717) is 25.9 Å². The van der Waals surface area contributed by atoms with Gasteiger partial charge >= 0.3 is 0 Å². The summed E-state index contributed by atoms with van der Waals surface area (Å²) in [5, 5.41) is 6.95. The number of carbonyl (C=O) groups is 2. The maximum absolute atomic E-state index is 13.0. The van der Waals surface area contributed by atoms with E-state index in [-0.39, 0.29) is 17.9 Å². The predicted octanol–water partition coefficient (Wildman–Crippen LogP) is 0.906. The van der Waals surface area contributed by atoms with Crippen LogP contribution in [0.3, 0.4) is 0 Å². The van der Waals surface area contributed by atoms with E-state index in [1.54, 1.807) is 18.1 Å². The fourth-order valence-corrected chi connectivity index (χ4v) is 3.55. The van der Waals surface area contributed by atoms with Crippen molar-refractivity contribution in [3.8, 4) is 5.75 Å². The van der Waals surface area contributed by atoms with E-state index < -0.39 is 6.10 Å². The summed E-state index contributed by atoms with van der Waals surface area (Å²) in [7, 11) is 1.61. The van der Waals surface area contributed by atoms with Gasteiger partial charge in [0.25, 0.3) is 5.91 Å². The van der Waals surface area contributed by atoms with E-state index in [9.17, 15) is 9.59 Å². The van der Waals surface area contributed by atoms with Crippen molar-refractivity contribution in [2.24, 2.45) is 0 Å². The summed E-state index contributed by atoms with van der Waals surface area (Å²) in [5.74, 6) is 0.681. The molecule has 2 aliphatic heterocycles. The second kappa shape index (κ2) is 6.23. The molecule has 0 spiro atoms. The van der Waals surface area contributed by atoms with Crippen LogP contribution in [0.1, 0.15) is 23.7 Å². The van der Waals surface area contributed by atoms with Crippen LogP contribution in [-0.4, -0.2) is 46.2 Å². The standard InChI is InChI=1S/C18H20N4O3/c1-19-17(23)9-14-11-21(10-13-6-7-20-22(13)14)18(24)16-8-12-4-2-3-5-15(12)25-16/h2-7,14,16H,8-11H2,1H3,(H,19,23)/t14-,16-/m0/s1. The molecule has 0 saturated carbocycles. The molecule has 0 radical (unpaired) electrons. The highest BCUT2D eigenvalue weighted by Crippen LogP contribution is 2.30. The van der Waals surface area contributed by atoms with Crippen LogP contribution in [0.25, 0.3) is 0 Å². The number of nitrogens with zero attached hydrogens (tertiary/aromatic N) is 3. The molecule has 0 saturated heterocycles. The van der Waals surface area contributed by atoms with Crippen LogP contribution in [0.2, 0.25) is 0 Å². The largest absolute Gasteiger partial charge is 0.480 e. The second-order valence-electron chi connectivity index (χ2n) is 6.44. The molecular weight excluding hydrogens is 320 g/mol. The number of para-hydroxylation sites is 1. The summed E-state index contributed by atoms with van der Waals surface area (Å²) in [5.41, 5.74) is 1.99. The number of fused-ring (bicyclic) bond motifs is 2. The van der Waals surface area contributed by atoms with Crippen LogP contribution in [0.15, 0.2) is 36.5 Å². The van der Waals surface area contributed by atoms with Gasteiger partial charge in [-0.3, -0.25) is 14.3 Å². The topological polar surface area (TPSA) is 76.5 Å². The molecule has 2 aromatic rings. The third-order valence-corrected chi connectivity index (χ3v) is 4.82. The Kier molecular flexibility index (Phi) is 3.91. The van der Waals surface area contributed by atoms with E-state index >= 15 is 0 Å². The first kappa shape index (κ1) is 15.7. The van der Waals surface area contributed by atoms with Crippen molar-refractivity contribution in [1.82, 2.24) is 20.0 Å². The third kappa shape index (κ3) is 2.86. The summed E-state index contributed by atoms with van der Waals surface area (Å²) in [6.07, 6.45) is 2.10. The zero-order chi connectivity index (χ0) is 17.4. The number of hydrogen-bond acceptors (Lipinski definition) is 4. The quantitative estimate of drug-likeness (QED) is 0.901. The van der Waals surface area contributed by atoms with Gasteiger partial charge in [-0.15, -0.1) is 0 Å². The lowest BCUT2D eigenvalue weighted by atomic mass is 10.1. The number of aromatic nitrogens is 2. The van der Waals surface area contributed by atoms with Crippen LogP contribution < -0.4 is 10.1 Å². The lowest BCUT2D eigenvalue weighted by Gasteiger charge is -2.34. The molecule has 7 heteroatoms. The van der Waals surface area contributed by atoms with Crippen LogP contribution in [0, 0.1) is 0 Å². The van der Waals surface area contributed by atoms with Gasteiger partial charge in [-0.1, -0.05) is 18.2 Å². The highest BCUT2D eigenvalue weighted by molar-refractivity contribution is 5.83. The Balaban J connectivity index is 1.51. The molecule has 4 rings (SSSR count). The Morgan fingerprint density at radius 2 is 2.16 bits per heavy atom. The first-order valence-corrected chi connectivity index (χ1v) is 8.42. The van der Waals surface area contributed by atoms with Crippen molar-refractivity contribution in [1.29, 1.82) is 0 Å². The maximum Gasteiger partial charge on any atom is 0.264 e. The van der Waals surface area contributed by atoms with Crippen molar-refractivity contribution in [2.45, 2.75) is 31.5 Å². The van der Waals surface area contributed by atoms with Crippen molar-refractivity contribution in [3.63, 3.8) is 0 Å². The van der Waals surface area contributed by atoms with E-state index in [0.717, 1.165) is 17.0 Å². The van der Waals surface area contributed by atoms with E-state index in [1.165, 1.54) is 0 Å². The second-order valence-corrected chi connectivity index (χ2v) is 6.44. The highest BCUT2D eigenvalue weighted by Gasteiger charge is 2.36. The Bertz CT molecular complexity index is 791. The molecule has 7 nitrogen and oxygen atoms in total. The van der Waals surface area contributed by atoms with Crippen LogP contribution in [0.4, 0.5) is 0 Å². The summed E-state index contributed by atoms with van der Waals surface area (Å²) in [6.45, 7) is 0.941. The van der Waals surface area contributed by atoms with Gasteiger partial charge in [0, 0.05) is 26.2 Å². The zero-order valence-corrected chi connectivity index (χ0v) is 14.0. The summed E-state index contributed by atoms with van der Waals surface area (Å²) in [4.78, 5) is 26.6. The summed E-state index contributed by atoms with van der Waals surface area (Å²) >= 11 is 0. The van der Waals surface area contributed by atoms with Gasteiger partial charge in [0.1, 0.15) is 5.75 Å². The van der Waals surface area contributed by atoms with Crippen LogP contribution in [-0.2, 0) is 22.6 Å². The summed E-state index contributed by atoms with van der Waals surface area (Å²) in [6, 6.07) is 9.47. The maximum atomic E-state index is 13.0. The lowest BCUT2D eigenvalue weighted by Crippen LogP contribution is -2.47. The Hall–Kier alpha value is -2.83. The molecule has 1 aromatic carbocycles. The zero-order valence-electron chi connectivity index (χ0n) is 14.0. The number of nitrogens with one attached hydrogen (secondary N) is 1. The highest BCUT2D eigenvalue weighted by atomic mass is 16.5. The number of benzene rings is 1. The van der Waals surface area contributed by atoms with Gasteiger partial charge in [-0.2, -0.15) is 5.10 Å². The van der Waals surface area contributed by atoms with Gasteiger partial charge in [0.05, 0.1) is 24.7 Å². The predicted molar refractivity (Wildman–Crippen MR) is 89.9 cm³/mol. The SMILES string of the molecule is CNC(=O)C[C@H]1CN(C(=O)[C@@H]2Cc3ccccc3O2)Cc2ccnn21. The molecule has 1 aromatic heterocycles. The first-order valence-electron chi connectivity index (χ1n) is 8.42. The average Bonchev–Trinajstić information content (AvgIpc) is 3.27. The Morgan fingerprint density at radius 3 is 2.96 bits per heavy atom. The fourth-order valence-electron chi connectivity index (χ4n) is 3.55. The molecule has 3 heterocycles. The number of hydrogen-bond donors (Lipinski definition) is 1. The number of amides is 2. The van der Waals surface area contributed by atoms with Crippen molar-refractivity contribution < 1.29 is 14.3 Å². The van der Waals surface area contributed by atoms with Crippen molar-refractivity contribution in [3.05, 3.63) is 47.8 Å². The van der Waals surface area contributed by atoms with Gasteiger partial charge in [-0.05, 0) is 17.7 Å². The average molecular weight is 340 g/mol. The monoisotopic (exact) mass is 340 g/mol. The van der Waals surface area contributed by atoms with Crippen LogP contribution in [0.5, 0.6) is 5.75 Å². The van der Waals surface area contributed by atoms with E-state index in [2.05, 4.69) is 10.4 Å². The molecule has 2 aliphatic rings. The van der Waals surface area contributed by atoms with Crippen molar-refractivity contribution in [2.75, 3.05) is 13.6 Å². The van der Waals surface area contributed by atoms with Gasteiger partial charge in [-0.25, -0.2) is 0 Å². The molecule has 25 heavy (non-hydrogen) atoms. The van der Waals surface area contributed by atoms with Gasteiger partial charge in [0.2, 0.25) is 5.91 Å². The minimum atomic E-state index is -0.493. The minimum absolute atomic E-state index is 0.0365. The summed E-state index contributed by atoms with van der Waals surface area (Å²) < 4.78 is 7.69. The van der Waals surface area contributed by atoms with Crippen molar-refractivity contribution >= 4 is 11.8 Å². The number of carbonyl (C=O) groups excluding carboxylic acids is 2. The molecule has 0 fully saturated rings. The Morgan fingerprint density at radius 1 is 1.32 bits per heavy atom. The molecule has 0 aliphatic carbocycles. The van der Waals surface area contributed by atoms with Gasteiger partial charge in [0.15, 0.2) is 6.10 Å². The molecule has 130 valence electrons. The van der Waals surface area contributed by atoms with Gasteiger partial charge < -0.3 is 15.0 Å². The van der Waals surface area contributed by atoms with E-state index in [1.807, 2.05) is 35.0 Å². The molecule has 1 N–H and O–H groups in total. The molecule has 2 atom stereocenters. The Labute approximate surface area is 145 Å². The number of rotatable bonds is 3. The molecule has 0 bridgehead atoms. The molecular formula is C18H20N4O3. The lowest BCUT2D eigenvalue weighted by molar-refractivity contribution is -0.140. The molecule has 2 amide bonds. The fraction of sp³-hybridized carbons (Fsp3) is 0.389. The van der Waals surface area contributed by atoms with Crippen LogP contribution >= 0.6 is 0 Å².